The molecular formula is C16H23N3O. The van der Waals surface area contributed by atoms with Crippen LogP contribution in [0.1, 0.15) is 31.4 Å². The Balaban J connectivity index is 1.95. The lowest BCUT2D eigenvalue weighted by molar-refractivity contribution is 0.134. The van der Waals surface area contributed by atoms with Crippen molar-refractivity contribution < 1.29 is 4.74 Å². The largest absolute Gasteiger partial charge is 0.381 e. The van der Waals surface area contributed by atoms with Gasteiger partial charge in [0.05, 0.1) is 12.8 Å². The number of ether oxygens (including phenoxy) is 1. The number of anilines is 1. The normalized spacial score (nSPS) is 10.7. The van der Waals surface area contributed by atoms with Gasteiger partial charge in [-0.1, -0.05) is 25.1 Å². The van der Waals surface area contributed by atoms with Crippen molar-refractivity contribution in [2.75, 3.05) is 11.9 Å². The molecule has 1 aromatic heterocycles. The van der Waals surface area contributed by atoms with E-state index in [2.05, 4.69) is 35.7 Å². The molecule has 0 radical (unpaired) electrons. The van der Waals surface area contributed by atoms with Crippen molar-refractivity contribution in [2.45, 2.75) is 40.0 Å². The van der Waals surface area contributed by atoms with Crippen LogP contribution >= 0.6 is 0 Å². The van der Waals surface area contributed by atoms with Gasteiger partial charge in [-0.2, -0.15) is 5.10 Å². The highest BCUT2D eigenvalue weighted by molar-refractivity contribution is 5.51. The highest BCUT2D eigenvalue weighted by atomic mass is 16.5. The number of nitrogens with zero attached hydrogens (tertiary/aromatic N) is 2. The Kier molecular flexibility index (Phi) is 5.62. The molecule has 0 aliphatic heterocycles. The fourth-order valence-electron chi connectivity index (χ4n) is 2.08. The molecule has 4 heteroatoms. The molecule has 2 aromatic rings. The summed E-state index contributed by atoms with van der Waals surface area (Å²) in [5.74, 6) is 0. The Bertz CT molecular complexity index is 522. The molecule has 0 aliphatic carbocycles. The van der Waals surface area contributed by atoms with E-state index in [1.165, 1.54) is 11.1 Å². The zero-order chi connectivity index (χ0) is 14.2. The van der Waals surface area contributed by atoms with Crippen molar-refractivity contribution in [2.24, 2.45) is 0 Å². The second-order valence-electron chi connectivity index (χ2n) is 4.76. The van der Waals surface area contributed by atoms with Gasteiger partial charge in [-0.05, 0) is 19.4 Å². The van der Waals surface area contributed by atoms with Gasteiger partial charge in [-0.3, -0.25) is 4.68 Å². The predicted molar refractivity (Wildman–Crippen MR) is 81.6 cm³/mol. The maximum Gasteiger partial charge on any atom is 0.0736 e. The minimum atomic E-state index is 0.648. The molecule has 0 bridgehead atoms. The topological polar surface area (TPSA) is 39.1 Å². The lowest BCUT2D eigenvalue weighted by Gasteiger charge is -2.11. The van der Waals surface area contributed by atoms with Crippen molar-refractivity contribution in [1.82, 2.24) is 9.78 Å². The molecule has 4 nitrogen and oxygen atoms in total. The molecule has 0 spiro atoms. The first-order valence-corrected chi connectivity index (χ1v) is 7.24. The van der Waals surface area contributed by atoms with Gasteiger partial charge in [-0.15, -0.1) is 0 Å². The quantitative estimate of drug-likeness (QED) is 0.800. The number of aromatic nitrogens is 2. The van der Waals surface area contributed by atoms with Gasteiger partial charge < -0.3 is 10.1 Å². The number of rotatable bonds is 8. The van der Waals surface area contributed by atoms with Crippen molar-refractivity contribution in [3.8, 4) is 0 Å². The highest BCUT2D eigenvalue weighted by Gasteiger charge is 2.03. The van der Waals surface area contributed by atoms with Crippen LogP contribution in [0.3, 0.4) is 0 Å². The molecule has 0 saturated carbocycles. The molecule has 0 aliphatic rings. The van der Waals surface area contributed by atoms with E-state index < -0.39 is 0 Å². The monoisotopic (exact) mass is 273 g/mol. The summed E-state index contributed by atoms with van der Waals surface area (Å²) in [6, 6.07) is 8.26. The Morgan fingerprint density at radius 3 is 2.90 bits per heavy atom. The fourth-order valence-corrected chi connectivity index (χ4v) is 2.08. The smallest absolute Gasteiger partial charge is 0.0736 e. The van der Waals surface area contributed by atoms with Crippen LogP contribution in [0.2, 0.25) is 0 Å². The Morgan fingerprint density at radius 1 is 1.25 bits per heavy atom. The summed E-state index contributed by atoms with van der Waals surface area (Å²) >= 11 is 0. The first-order valence-electron chi connectivity index (χ1n) is 7.24. The first kappa shape index (κ1) is 14.6. The fraction of sp³-hybridized carbons (Fsp3) is 0.438. The SMILES string of the molecule is CCCn1cc(CNc2ccccc2COCC)cn1. The number of aryl methyl sites for hydroxylation is 1. The van der Waals surface area contributed by atoms with Gasteiger partial charge in [0.2, 0.25) is 0 Å². The molecule has 108 valence electrons. The molecule has 1 heterocycles. The number of benzene rings is 1. The second kappa shape index (κ2) is 7.70. The maximum atomic E-state index is 5.49. The third kappa shape index (κ3) is 4.10. The molecule has 0 unspecified atom stereocenters. The van der Waals surface area contributed by atoms with Gasteiger partial charge in [0.1, 0.15) is 0 Å². The minimum absolute atomic E-state index is 0.648. The van der Waals surface area contributed by atoms with Crippen LogP contribution in [-0.4, -0.2) is 16.4 Å². The Morgan fingerprint density at radius 2 is 2.10 bits per heavy atom. The van der Waals surface area contributed by atoms with Gasteiger partial charge in [0, 0.05) is 42.7 Å². The van der Waals surface area contributed by atoms with Gasteiger partial charge in [0.15, 0.2) is 0 Å². The standard InChI is InChI=1S/C16H23N3O/c1-3-9-19-12-14(11-18-19)10-17-16-8-6-5-7-15(16)13-20-4-2/h5-8,11-12,17H,3-4,9-10,13H2,1-2H3. The van der Waals surface area contributed by atoms with Crippen LogP contribution in [0.25, 0.3) is 0 Å². The van der Waals surface area contributed by atoms with Crippen LogP contribution < -0.4 is 5.32 Å². The van der Waals surface area contributed by atoms with E-state index in [1.807, 2.05) is 29.9 Å². The van der Waals surface area contributed by atoms with E-state index >= 15 is 0 Å². The summed E-state index contributed by atoms with van der Waals surface area (Å²) in [6.07, 6.45) is 5.13. The predicted octanol–water partition coefficient (Wildman–Crippen LogP) is 3.44. The molecule has 0 atom stereocenters. The molecule has 20 heavy (non-hydrogen) atoms. The number of para-hydroxylation sites is 1. The summed E-state index contributed by atoms with van der Waals surface area (Å²) in [4.78, 5) is 0. The summed E-state index contributed by atoms with van der Waals surface area (Å²) in [6.45, 7) is 7.31. The van der Waals surface area contributed by atoms with Crippen molar-refractivity contribution >= 4 is 5.69 Å². The minimum Gasteiger partial charge on any atom is -0.381 e. The van der Waals surface area contributed by atoms with Crippen molar-refractivity contribution in [3.05, 3.63) is 47.8 Å². The second-order valence-corrected chi connectivity index (χ2v) is 4.76. The molecule has 1 aromatic carbocycles. The number of hydrogen-bond acceptors (Lipinski definition) is 3. The molecular weight excluding hydrogens is 250 g/mol. The third-order valence-electron chi connectivity index (χ3n) is 3.10. The van der Waals surface area contributed by atoms with E-state index in [1.54, 1.807) is 0 Å². The molecule has 1 N–H and O–H groups in total. The molecule has 0 fully saturated rings. The summed E-state index contributed by atoms with van der Waals surface area (Å²) in [7, 11) is 0. The van der Waals surface area contributed by atoms with Crippen molar-refractivity contribution in [3.63, 3.8) is 0 Å². The maximum absolute atomic E-state index is 5.49. The van der Waals surface area contributed by atoms with E-state index in [-0.39, 0.29) is 0 Å². The van der Waals surface area contributed by atoms with Gasteiger partial charge >= 0.3 is 0 Å². The highest BCUT2D eigenvalue weighted by Crippen LogP contribution is 2.17. The van der Waals surface area contributed by atoms with Crippen LogP contribution in [0.15, 0.2) is 36.7 Å². The van der Waals surface area contributed by atoms with Gasteiger partial charge in [0.25, 0.3) is 0 Å². The summed E-state index contributed by atoms with van der Waals surface area (Å²) in [5, 5.41) is 7.80. The Labute approximate surface area is 120 Å². The lowest BCUT2D eigenvalue weighted by atomic mass is 10.2. The zero-order valence-electron chi connectivity index (χ0n) is 12.3. The third-order valence-corrected chi connectivity index (χ3v) is 3.10. The van der Waals surface area contributed by atoms with Crippen LogP contribution in [0, 0.1) is 0 Å². The molecule has 0 saturated heterocycles. The van der Waals surface area contributed by atoms with Crippen molar-refractivity contribution in [1.29, 1.82) is 0 Å². The van der Waals surface area contributed by atoms with E-state index in [0.717, 1.165) is 31.8 Å². The average Bonchev–Trinajstić information content (AvgIpc) is 2.92. The Hall–Kier alpha value is -1.81. The molecule has 2 rings (SSSR count). The summed E-state index contributed by atoms with van der Waals surface area (Å²) in [5.41, 5.74) is 3.52. The lowest BCUT2D eigenvalue weighted by Crippen LogP contribution is -2.03. The average molecular weight is 273 g/mol. The zero-order valence-corrected chi connectivity index (χ0v) is 12.3. The van der Waals surface area contributed by atoms with E-state index in [0.29, 0.717) is 6.61 Å². The van der Waals surface area contributed by atoms with E-state index in [4.69, 9.17) is 4.74 Å². The van der Waals surface area contributed by atoms with Crippen LogP contribution in [0.5, 0.6) is 0 Å². The van der Waals surface area contributed by atoms with Gasteiger partial charge in [-0.25, -0.2) is 0 Å². The van der Waals surface area contributed by atoms with Crippen LogP contribution in [-0.2, 0) is 24.4 Å². The summed E-state index contributed by atoms with van der Waals surface area (Å²) < 4.78 is 7.48. The van der Waals surface area contributed by atoms with Crippen LogP contribution in [0.4, 0.5) is 5.69 Å². The number of nitrogens with one attached hydrogen (secondary N) is 1. The number of hydrogen-bond donors (Lipinski definition) is 1. The first-order chi connectivity index (χ1) is 9.83. The molecule has 0 amide bonds. The van der Waals surface area contributed by atoms with E-state index in [9.17, 15) is 0 Å².